The molecule has 2 fully saturated rings. The fourth-order valence-corrected chi connectivity index (χ4v) is 3.72. The Balaban J connectivity index is 1.73. The minimum absolute atomic E-state index is 0.476. The van der Waals surface area contributed by atoms with Crippen molar-refractivity contribution < 1.29 is 4.74 Å². The summed E-state index contributed by atoms with van der Waals surface area (Å²) in [6.07, 6.45) is 5.26. The van der Waals surface area contributed by atoms with Gasteiger partial charge in [-0.2, -0.15) is 0 Å². The highest BCUT2D eigenvalue weighted by Gasteiger charge is 2.28. The largest absolute Gasteiger partial charge is 0.381 e. The SMILES string of the molecule is CC1(C)CCCC(Nc2ccccc2N2CCOCC2)C1. The first kappa shape index (κ1) is 14.7. The Labute approximate surface area is 128 Å². The lowest BCUT2D eigenvalue weighted by Gasteiger charge is -2.37. The summed E-state index contributed by atoms with van der Waals surface area (Å²) in [6.45, 7) is 8.46. The van der Waals surface area contributed by atoms with E-state index in [-0.39, 0.29) is 0 Å². The van der Waals surface area contributed by atoms with E-state index in [1.165, 1.54) is 37.1 Å². The molecule has 2 aliphatic rings. The molecule has 1 aromatic carbocycles. The number of morpholine rings is 1. The zero-order valence-corrected chi connectivity index (χ0v) is 13.4. The van der Waals surface area contributed by atoms with Crippen LogP contribution in [0.4, 0.5) is 11.4 Å². The van der Waals surface area contributed by atoms with Crippen molar-refractivity contribution in [1.29, 1.82) is 0 Å². The van der Waals surface area contributed by atoms with E-state index in [1.807, 2.05) is 0 Å². The molecule has 3 heteroatoms. The molecule has 21 heavy (non-hydrogen) atoms. The summed E-state index contributed by atoms with van der Waals surface area (Å²) in [7, 11) is 0. The number of anilines is 2. The average Bonchev–Trinajstić information content (AvgIpc) is 2.48. The van der Waals surface area contributed by atoms with Crippen LogP contribution in [0.2, 0.25) is 0 Å². The van der Waals surface area contributed by atoms with Crippen LogP contribution in [0.5, 0.6) is 0 Å². The maximum atomic E-state index is 5.48. The average molecular weight is 288 g/mol. The van der Waals surface area contributed by atoms with Gasteiger partial charge in [0, 0.05) is 19.1 Å². The Morgan fingerprint density at radius 1 is 1.19 bits per heavy atom. The Bertz CT molecular complexity index is 466. The van der Waals surface area contributed by atoms with Crippen LogP contribution >= 0.6 is 0 Å². The molecule has 1 N–H and O–H groups in total. The van der Waals surface area contributed by atoms with Crippen molar-refractivity contribution in [2.45, 2.75) is 45.6 Å². The van der Waals surface area contributed by atoms with Gasteiger partial charge in [0.15, 0.2) is 0 Å². The second kappa shape index (κ2) is 6.27. The molecule has 1 aliphatic heterocycles. The molecule has 1 aromatic rings. The monoisotopic (exact) mass is 288 g/mol. The van der Waals surface area contributed by atoms with E-state index < -0.39 is 0 Å². The highest BCUT2D eigenvalue weighted by molar-refractivity contribution is 5.70. The minimum Gasteiger partial charge on any atom is -0.381 e. The van der Waals surface area contributed by atoms with E-state index in [9.17, 15) is 0 Å². The second-order valence-electron chi connectivity index (χ2n) is 7.22. The number of hydrogen-bond acceptors (Lipinski definition) is 3. The summed E-state index contributed by atoms with van der Waals surface area (Å²) >= 11 is 0. The summed E-state index contributed by atoms with van der Waals surface area (Å²) < 4.78 is 5.48. The van der Waals surface area contributed by atoms with Crippen LogP contribution in [0.3, 0.4) is 0 Å². The fraction of sp³-hybridized carbons (Fsp3) is 0.667. The van der Waals surface area contributed by atoms with Crippen molar-refractivity contribution in [2.75, 3.05) is 36.5 Å². The topological polar surface area (TPSA) is 24.5 Å². The molecule has 1 atom stereocenters. The van der Waals surface area contributed by atoms with Crippen LogP contribution in [-0.4, -0.2) is 32.3 Å². The molecule has 0 radical (unpaired) electrons. The predicted molar refractivity (Wildman–Crippen MR) is 89.1 cm³/mol. The van der Waals surface area contributed by atoms with Crippen molar-refractivity contribution in [3.05, 3.63) is 24.3 Å². The first-order chi connectivity index (χ1) is 10.1. The highest BCUT2D eigenvalue weighted by atomic mass is 16.5. The number of nitrogens with one attached hydrogen (secondary N) is 1. The van der Waals surface area contributed by atoms with Gasteiger partial charge in [-0.15, -0.1) is 0 Å². The number of benzene rings is 1. The predicted octanol–water partition coefficient (Wildman–Crippen LogP) is 3.90. The van der Waals surface area contributed by atoms with Gasteiger partial charge in [-0.3, -0.25) is 0 Å². The van der Waals surface area contributed by atoms with Gasteiger partial charge in [-0.25, -0.2) is 0 Å². The van der Waals surface area contributed by atoms with E-state index in [0.29, 0.717) is 11.5 Å². The summed E-state index contributed by atoms with van der Waals surface area (Å²) in [5.41, 5.74) is 3.11. The van der Waals surface area contributed by atoms with Crippen LogP contribution in [-0.2, 0) is 4.74 Å². The van der Waals surface area contributed by atoms with Crippen molar-refractivity contribution in [2.24, 2.45) is 5.41 Å². The molecule has 0 bridgehead atoms. The summed E-state index contributed by atoms with van der Waals surface area (Å²) in [4.78, 5) is 2.44. The number of rotatable bonds is 3. The van der Waals surface area contributed by atoms with Crippen molar-refractivity contribution in [3.63, 3.8) is 0 Å². The zero-order chi connectivity index (χ0) is 14.7. The molecule has 1 heterocycles. The maximum absolute atomic E-state index is 5.48. The highest BCUT2D eigenvalue weighted by Crippen LogP contribution is 2.37. The molecular weight excluding hydrogens is 260 g/mol. The van der Waals surface area contributed by atoms with E-state index in [2.05, 4.69) is 48.3 Å². The molecular formula is C18H28N2O. The third-order valence-corrected chi connectivity index (χ3v) is 4.82. The van der Waals surface area contributed by atoms with E-state index >= 15 is 0 Å². The molecule has 0 amide bonds. The molecule has 3 nitrogen and oxygen atoms in total. The minimum atomic E-state index is 0.476. The van der Waals surface area contributed by atoms with E-state index in [4.69, 9.17) is 4.74 Å². The Kier molecular flexibility index (Phi) is 4.39. The number of ether oxygens (including phenoxy) is 1. The van der Waals surface area contributed by atoms with Gasteiger partial charge in [-0.1, -0.05) is 32.4 Å². The van der Waals surface area contributed by atoms with Crippen LogP contribution in [0.25, 0.3) is 0 Å². The molecule has 1 saturated carbocycles. The lowest BCUT2D eigenvalue weighted by molar-refractivity contribution is 0.123. The summed E-state index contributed by atoms with van der Waals surface area (Å²) in [5, 5.41) is 3.82. The second-order valence-corrected chi connectivity index (χ2v) is 7.22. The molecule has 3 rings (SSSR count). The van der Waals surface area contributed by atoms with Crippen molar-refractivity contribution >= 4 is 11.4 Å². The van der Waals surface area contributed by atoms with Gasteiger partial charge in [-0.05, 0) is 36.8 Å². The zero-order valence-electron chi connectivity index (χ0n) is 13.4. The Morgan fingerprint density at radius 2 is 1.95 bits per heavy atom. The Morgan fingerprint density at radius 3 is 2.71 bits per heavy atom. The normalized spacial score (nSPS) is 25.6. The van der Waals surface area contributed by atoms with E-state index in [1.54, 1.807) is 0 Å². The van der Waals surface area contributed by atoms with Crippen molar-refractivity contribution in [1.82, 2.24) is 0 Å². The first-order valence-corrected chi connectivity index (χ1v) is 8.32. The molecule has 1 unspecified atom stereocenters. The standard InChI is InChI=1S/C18H28N2O/c1-18(2)9-5-6-15(14-18)19-16-7-3-4-8-17(16)20-10-12-21-13-11-20/h3-4,7-8,15,19H,5-6,9-14H2,1-2H3. The number of para-hydroxylation sites is 2. The number of nitrogens with zero attached hydrogens (tertiary/aromatic N) is 1. The molecule has 116 valence electrons. The van der Waals surface area contributed by atoms with Crippen LogP contribution < -0.4 is 10.2 Å². The maximum Gasteiger partial charge on any atom is 0.0642 e. The van der Waals surface area contributed by atoms with Crippen molar-refractivity contribution in [3.8, 4) is 0 Å². The first-order valence-electron chi connectivity index (χ1n) is 8.32. The number of hydrogen-bond donors (Lipinski definition) is 1. The lowest BCUT2D eigenvalue weighted by atomic mass is 9.75. The lowest BCUT2D eigenvalue weighted by Crippen LogP contribution is -2.37. The van der Waals surface area contributed by atoms with Gasteiger partial charge >= 0.3 is 0 Å². The fourth-order valence-electron chi connectivity index (χ4n) is 3.72. The van der Waals surface area contributed by atoms with E-state index in [0.717, 1.165) is 26.3 Å². The molecule has 1 aliphatic carbocycles. The smallest absolute Gasteiger partial charge is 0.0642 e. The van der Waals surface area contributed by atoms with Gasteiger partial charge in [0.1, 0.15) is 0 Å². The molecule has 0 spiro atoms. The summed E-state index contributed by atoms with van der Waals surface area (Å²) in [6, 6.07) is 9.35. The quantitative estimate of drug-likeness (QED) is 0.913. The third-order valence-electron chi connectivity index (χ3n) is 4.82. The van der Waals surface area contributed by atoms with Crippen LogP contribution in [0.15, 0.2) is 24.3 Å². The van der Waals surface area contributed by atoms with Gasteiger partial charge in [0.25, 0.3) is 0 Å². The Hall–Kier alpha value is -1.22. The summed E-state index contributed by atoms with van der Waals surface area (Å²) in [5.74, 6) is 0. The van der Waals surface area contributed by atoms with Crippen LogP contribution in [0, 0.1) is 5.41 Å². The van der Waals surface area contributed by atoms with Crippen LogP contribution in [0.1, 0.15) is 39.5 Å². The molecule has 0 aromatic heterocycles. The van der Waals surface area contributed by atoms with Gasteiger partial charge in [0.05, 0.1) is 24.6 Å². The van der Waals surface area contributed by atoms with Gasteiger partial charge in [0.2, 0.25) is 0 Å². The third kappa shape index (κ3) is 3.70. The molecule has 1 saturated heterocycles. The van der Waals surface area contributed by atoms with Gasteiger partial charge < -0.3 is 15.0 Å².